The molecule has 29 heavy (non-hydrogen) atoms. The number of rotatable bonds is 3. The van der Waals surface area contributed by atoms with Crippen LogP contribution in [-0.4, -0.2) is 42.5 Å². The fraction of sp³-hybridized carbons (Fsp3) is 0.333. The van der Waals surface area contributed by atoms with Gasteiger partial charge in [-0.3, -0.25) is 14.6 Å². The van der Waals surface area contributed by atoms with Crippen molar-refractivity contribution in [1.29, 1.82) is 0 Å². The Hall–Kier alpha value is -3.42. The largest absolute Gasteiger partial charge is 0.329 e. The molecule has 1 aliphatic rings. The Labute approximate surface area is 168 Å². The number of nitrogens with one attached hydrogen (secondary N) is 1. The summed E-state index contributed by atoms with van der Waals surface area (Å²) in [5, 5.41) is 6.27. The van der Waals surface area contributed by atoms with Crippen LogP contribution in [0.1, 0.15) is 52.9 Å². The smallest absolute Gasteiger partial charge is 0.274 e. The first-order valence-corrected chi connectivity index (χ1v) is 9.66. The van der Waals surface area contributed by atoms with E-state index in [1.54, 1.807) is 6.20 Å². The molecular formula is C21H22N6O2. The van der Waals surface area contributed by atoms with Crippen LogP contribution in [0.4, 0.5) is 0 Å². The van der Waals surface area contributed by atoms with E-state index in [1.165, 1.54) is 12.1 Å². The van der Waals surface area contributed by atoms with E-state index in [0.29, 0.717) is 12.4 Å². The van der Waals surface area contributed by atoms with Crippen LogP contribution in [0.2, 0.25) is 0 Å². The van der Waals surface area contributed by atoms with Crippen LogP contribution < -0.4 is 5.56 Å². The molecule has 1 amide bonds. The van der Waals surface area contributed by atoms with E-state index in [0.717, 1.165) is 41.6 Å². The third-order valence-corrected chi connectivity index (χ3v) is 5.23. The highest BCUT2D eigenvalue weighted by atomic mass is 16.2. The molecule has 8 heteroatoms. The summed E-state index contributed by atoms with van der Waals surface area (Å²) in [5.41, 5.74) is 3.67. The summed E-state index contributed by atoms with van der Waals surface area (Å²) < 4.78 is 0. The van der Waals surface area contributed by atoms with Gasteiger partial charge in [0.05, 0.1) is 11.7 Å². The molecule has 4 rings (SSSR count). The molecule has 1 fully saturated rings. The molecule has 1 N–H and O–H groups in total. The van der Waals surface area contributed by atoms with Crippen molar-refractivity contribution in [2.45, 2.75) is 39.2 Å². The molecule has 0 saturated carbocycles. The zero-order valence-corrected chi connectivity index (χ0v) is 16.4. The van der Waals surface area contributed by atoms with Crippen LogP contribution in [0.15, 0.2) is 41.6 Å². The number of pyridine rings is 1. The van der Waals surface area contributed by atoms with Crippen molar-refractivity contribution in [3.05, 3.63) is 69.9 Å². The number of nitrogens with zero attached hydrogens (tertiary/aromatic N) is 5. The fourth-order valence-corrected chi connectivity index (χ4v) is 3.79. The summed E-state index contributed by atoms with van der Waals surface area (Å²) in [7, 11) is 0. The predicted molar refractivity (Wildman–Crippen MR) is 107 cm³/mol. The molecule has 3 aromatic heterocycles. The zero-order valence-electron chi connectivity index (χ0n) is 16.4. The van der Waals surface area contributed by atoms with Gasteiger partial charge in [-0.25, -0.2) is 15.1 Å². The number of amides is 1. The van der Waals surface area contributed by atoms with Gasteiger partial charge in [-0.15, -0.1) is 0 Å². The SMILES string of the molecule is Cc1ncc(-c2ccncc2C)c([C@H]2CCCCN2C(=O)c2ccc(=O)[nH]n2)n1. The number of H-pyrrole nitrogens is 1. The molecule has 0 aliphatic carbocycles. The molecule has 8 nitrogen and oxygen atoms in total. The molecule has 1 saturated heterocycles. The molecule has 0 bridgehead atoms. The Morgan fingerprint density at radius 2 is 2.00 bits per heavy atom. The first-order chi connectivity index (χ1) is 14.0. The van der Waals surface area contributed by atoms with Crippen molar-refractivity contribution in [2.24, 2.45) is 0 Å². The highest BCUT2D eigenvalue weighted by Gasteiger charge is 2.32. The maximum Gasteiger partial charge on any atom is 0.274 e. The lowest BCUT2D eigenvalue weighted by Crippen LogP contribution is -2.40. The summed E-state index contributed by atoms with van der Waals surface area (Å²) >= 11 is 0. The van der Waals surface area contributed by atoms with Crippen LogP contribution in [0, 0.1) is 13.8 Å². The Morgan fingerprint density at radius 3 is 2.76 bits per heavy atom. The summed E-state index contributed by atoms with van der Waals surface area (Å²) in [6.07, 6.45) is 8.12. The van der Waals surface area contributed by atoms with Gasteiger partial charge in [0, 0.05) is 36.8 Å². The maximum absolute atomic E-state index is 13.2. The lowest BCUT2D eigenvalue weighted by atomic mass is 9.92. The Bertz CT molecular complexity index is 1090. The highest BCUT2D eigenvalue weighted by Crippen LogP contribution is 2.37. The molecular weight excluding hydrogens is 368 g/mol. The van der Waals surface area contributed by atoms with E-state index < -0.39 is 0 Å². The predicted octanol–water partition coefficient (Wildman–Crippen LogP) is 2.61. The van der Waals surface area contributed by atoms with Crippen molar-refractivity contribution in [3.63, 3.8) is 0 Å². The number of hydrogen-bond donors (Lipinski definition) is 1. The van der Waals surface area contributed by atoms with Gasteiger partial charge in [-0.1, -0.05) is 0 Å². The van der Waals surface area contributed by atoms with Crippen molar-refractivity contribution in [3.8, 4) is 11.1 Å². The van der Waals surface area contributed by atoms with E-state index in [1.807, 2.05) is 37.2 Å². The Kier molecular flexibility index (Phi) is 5.16. The summed E-state index contributed by atoms with van der Waals surface area (Å²) in [5.74, 6) is 0.454. The average Bonchev–Trinajstić information content (AvgIpc) is 2.74. The van der Waals surface area contributed by atoms with Gasteiger partial charge >= 0.3 is 0 Å². The zero-order chi connectivity index (χ0) is 20.4. The standard InChI is InChI=1S/C21H22N6O2/c1-13-11-22-9-8-15(13)16-12-23-14(2)24-20(16)18-5-3-4-10-27(18)21(29)17-6-7-19(28)26-25-17/h6-9,11-12,18H,3-5,10H2,1-2H3,(H,26,28)/t18-/m1/s1. The number of hydrogen-bond acceptors (Lipinski definition) is 6. The number of aromatic amines is 1. The molecule has 1 atom stereocenters. The second-order valence-electron chi connectivity index (χ2n) is 7.22. The topological polar surface area (TPSA) is 105 Å². The van der Waals surface area contributed by atoms with Crippen molar-refractivity contribution in [1.82, 2.24) is 30.0 Å². The van der Waals surface area contributed by atoms with Crippen molar-refractivity contribution >= 4 is 5.91 Å². The quantitative estimate of drug-likeness (QED) is 0.737. The molecule has 4 heterocycles. The van der Waals surface area contributed by atoms with Gasteiger partial charge in [0.25, 0.3) is 11.5 Å². The molecule has 148 valence electrons. The van der Waals surface area contributed by atoms with Gasteiger partial charge in [-0.05, 0) is 56.4 Å². The highest BCUT2D eigenvalue weighted by molar-refractivity contribution is 5.92. The number of likely N-dealkylation sites (tertiary alicyclic amines) is 1. The number of carbonyl (C=O) groups excluding carboxylic acids is 1. The molecule has 0 unspecified atom stereocenters. The third kappa shape index (κ3) is 3.78. The second kappa shape index (κ2) is 7.90. The molecule has 0 spiro atoms. The molecule has 1 aliphatic heterocycles. The number of aryl methyl sites for hydroxylation is 2. The molecule has 0 radical (unpaired) electrons. The minimum atomic E-state index is -0.335. The van der Waals surface area contributed by atoms with Gasteiger partial charge in [0.1, 0.15) is 11.5 Å². The third-order valence-electron chi connectivity index (χ3n) is 5.23. The van der Waals surface area contributed by atoms with E-state index in [2.05, 4.69) is 20.2 Å². The minimum Gasteiger partial charge on any atom is -0.329 e. The van der Waals surface area contributed by atoms with Gasteiger partial charge in [0.15, 0.2) is 0 Å². The Morgan fingerprint density at radius 1 is 1.14 bits per heavy atom. The first kappa shape index (κ1) is 18.9. The van der Waals surface area contributed by atoms with Crippen molar-refractivity contribution < 1.29 is 4.79 Å². The van der Waals surface area contributed by atoms with Crippen molar-refractivity contribution in [2.75, 3.05) is 6.54 Å². The van der Waals surface area contributed by atoms with Crippen LogP contribution >= 0.6 is 0 Å². The Balaban J connectivity index is 1.78. The lowest BCUT2D eigenvalue weighted by Gasteiger charge is -2.36. The van der Waals surface area contributed by atoms with Crippen LogP contribution in [0.5, 0.6) is 0 Å². The van der Waals surface area contributed by atoms with E-state index in [4.69, 9.17) is 4.98 Å². The van der Waals surface area contributed by atoms with Gasteiger partial charge in [0.2, 0.25) is 0 Å². The van der Waals surface area contributed by atoms with Crippen LogP contribution in [0.25, 0.3) is 11.1 Å². The van der Waals surface area contributed by atoms with E-state index in [-0.39, 0.29) is 23.2 Å². The molecule has 3 aromatic rings. The monoisotopic (exact) mass is 390 g/mol. The summed E-state index contributed by atoms with van der Waals surface area (Å²) in [6.45, 7) is 4.47. The summed E-state index contributed by atoms with van der Waals surface area (Å²) in [6, 6.07) is 4.55. The minimum absolute atomic E-state index is 0.186. The van der Waals surface area contributed by atoms with E-state index in [9.17, 15) is 9.59 Å². The second-order valence-corrected chi connectivity index (χ2v) is 7.22. The first-order valence-electron chi connectivity index (χ1n) is 9.66. The maximum atomic E-state index is 13.2. The number of aromatic nitrogens is 5. The molecule has 0 aromatic carbocycles. The van der Waals surface area contributed by atoms with Gasteiger partial charge < -0.3 is 4.90 Å². The van der Waals surface area contributed by atoms with Crippen LogP contribution in [-0.2, 0) is 0 Å². The van der Waals surface area contributed by atoms with E-state index >= 15 is 0 Å². The number of carbonyl (C=O) groups is 1. The lowest BCUT2D eigenvalue weighted by molar-refractivity contribution is 0.0599. The van der Waals surface area contributed by atoms with Crippen LogP contribution in [0.3, 0.4) is 0 Å². The van der Waals surface area contributed by atoms with Gasteiger partial charge in [-0.2, -0.15) is 5.10 Å². The summed E-state index contributed by atoms with van der Waals surface area (Å²) in [4.78, 5) is 39.6. The fourth-order valence-electron chi connectivity index (χ4n) is 3.79. The normalized spacial score (nSPS) is 16.6. The average molecular weight is 390 g/mol. The number of piperidine rings is 1.